The average molecular weight is 676 g/mol. The third kappa shape index (κ3) is 7.40. The SMILES string of the molecule is C=CC(=O)Nc1cc(N(C(=O)OC(C)(C)C)c2ncc(Cl)c(-c3cn(C4COC4)c4ccccc34)n2)c(OC)cc1N(C)CCN(C)C. The Hall–Kier alpha value is -4.65. The highest BCUT2D eigenvalue weighted by atomic mass is 35.5. The minimum atomic E-state index is -0.859. The third-order valence-corrected chi connectivity index (χ3v) is 8.07. The summed E-state index contributed by atoms with van der Waals surface area (Å²) in [4.78, 5) is 41.4. The first-order valence-corrected chi connectivity index (χ1v) is 15.9. The highest BCUT2D eigenvalue weighted by Gasteiger charge is 2.32. The molecule has 5 rings (SSSR count). The zero-order valence-electron chi connectivity index (χ0n) is 28.4. The molecular weight excluding hydrogens is 634 g/mol. The summed E-state index contributed by atoms with van der Waals surface area (Å²) >= 11 is 6.78. The number of anilines is 4. The van der Waals surface area contributed by atoms with Gasteiger partial charge in [0, 0.05) is 48.9 Å². The van der Waals surface area contributed by atoms with Crippen LogP contribution in [0.15, 0.2) is 61.4 Å². The summed E-state index contributed by atoms with van der Waals surface area (Å²) in [5.41, 5.74) is 2.70. The molecule has 0 radical (unpaired) electrons. The van der Waals surface area contributed by atoms with Gasteiger partial charge in [-0.05, 0) is 53.1 Å². The number of halogens is 1. The summed E-state index contributed by atoms with van der Waals surface area (Å²) in [5.74, 6) is -0.0956. The molecule has 1 fully saturated rings. The molecule has 12 nitrogen and oxygen atoms in total. The van der Waals surface area contributed by atoms with Crippen LogP contribution in [0.25, 0.3) is 22.2 Å². The van der Waals surface area contributed by atoms with Gasteiger partial charge >= 0.3 is 6.09 Å². The molecule has 0 spiro atoms. The van der Waals surface area contributed by atoms with Gasteiger partial charge in [-0.15, -0.1) is 0 Å². The molecule has 1 N–H and O–H groups in total. The van der Waals surface area contributed by atoms with Crippen molar-refractivity contribution in [1.82, 2.24) is 19.4 Å². The maximum atomic E-state index is 14.1. The minimum Gasteiger partial charge on any atom is -0.494 e. The molecule has 2 amide bonds. The van der Waals surface area contributed by atoms with Gasteiger partial charge in [0.15, 0.2) is 0 Å². The fraction of sp³-hybridized carbons (Fsp3) is 0.371. The van der Waals surface area contributed by atoms with Gasteiger partial charge < -0.3 is 33.9 Å². The van der Waals surface area contributed by atoms with Gasteiger partial charge in [0.05, 0.1) is 60.3 Å². The molecule has 2 aromatic heterocycles. The van der Waals surface area contributed by atoms with Gasteiger partial charge in [0.25, 0.3) is 0 Å². The number of para-hydroxylation sites is 1. The molecular formula is C35H42ClN7O5. The van der Waals surface area contributed by atoms with Crippen molar-refractivity contribution in [3.05, 3.63) is 66.5 Å². The van der Waals surface area contributed by atoms with Crippen molar-refractivity contribution in [2.45, 2.75) is 32.4 Å². The number of nitrogens with zero attached hydrogens (tertiary/aromatic N) is 6. The Morgan fingerprint density at radius 2 is 1.88 bits per heavy atom. The van der Waals surface area contributed by atoms with E-state index in [0.29, 0.717) is 47.6 Å². The molecule has 1 aliphatic rings. The van der Waals surface area contributed by atoms with Gasteiger partial charge in [-0.2, -0.15) is 0 Å². The number of likely N-dealkylation sites (N-methyl/N-ethyl adjacent to an activating group) is 2. The van der Waals surface area contributed by atoms with Crippen LogP contribution in [0.1, 0.15) is 26.8 Å². The van der Waals surface area contributed by atoms with E-state index in [9.17, 15) is 9.59 Å². The maximum Gasteiger partial charge on any atom is 0.422 e. The predicted molar refractivity (Wildman–Crippen MR) is 190 cm³/mol. The number of hydrogen-bond donors (Lipinski definition) is 1. The summed E-state index contributed by atoms with van der Waals surface area (Å²) in [5, 5.41) is 4.13. The number of amides is 2. The second-order valence-corrected chi connectivity index (χ2v) is 13.2. The van der Waals surface area contributed by atoms with Crippen LogP contribution in [0.3, 0.4) is 0 Å². The lowest BCUT2D eigenvalue weighted by atomic mass is 10.1. The highest BCUT2D eigenvalue weighted by molar-refractivity contribution is 6.33. The van der Waals surface area contributed by atoms with Gasteiger partial charge in [-0.3, -0.25) is 4.79 Å². The zero-order valence-corrected chi connectivity index (χ0v) is 29.2. The Labute approximate surface area is 285 Å². The molecule has 0 bridgehead atoms. The van der Waals surface area contributed by atoms with Crippen molar-refractivity contribution in [3.63, 3.8) is 0 Å². The lowest BCUT2D eigenvalue weighted by Crippen LogP contribution is -2.35. The van der Waals surface area contributed by atoms with E-state index in [1.54, 1.807) is 32.9 Å². The Morgan fingerprint density at radius 3 is 2.50 bits per heavy atom. The fourth-order valence-electron chi connectivity index (χ4n) is 5.30. The second kappa shape index (κ2) is 14.2. The van der Waals surface area contributed by atoms with Crippen molar-refractivity contribution >= 4 is 57.5 Å². The molecule has 0 unspecified atom stereocenters. The number of fused-ring (bicyclic) bond motifs is 1. The van der Waals surface area contributed by atoms with Crippen LogP contribution >= 0.6 is 11.6 Å². The number of methoxy groups -OCH3 is 1. The molecule has 3 heterocycles. The largest absolute Gasteiger partial charge is 0.494 e. The summed E-state index contributed by atoms with van der Waals surface area (Å²) in [6.45, 7) is 11.5. The van der Waals surface area contributed by atoms with Crippen LogP contribution < -0.4 is 19.9 Å². The molecule has 0 atom stereocenters. The number of rotatable bonds is 11. The zero-order chi connectivity index (χ0) is 34.7. The number of ether oxygens (including phenoxy) is 3. The summed E-state index contributed by atoms with van der Waals surface area (Å²) < 4.78 is 19.4. The standard InChI is InChI=1S/C35H42ClN7O5/c1-9-31(44)38-26-16-29(30(46-8)17-28(26)41(7)15-14-40(5)6)43(34(45)48-35(2,3)4)33-37-18-25(36)32(39-33)24-19-42(22-20-47-21-22)27-13-11-10-12-23(24)27/h9-13,16-19,22H,1,14-15,20-21H2,2-8H3,(H,38,44). The number of hydrogen-bond acceptors (Lipinski definition) is 9. The monoisotopic (exact) mass is 675 g/mol. The van der Waals surface area contributed by atoms with Crippen molar-refractivity contribution < 1.29 is 23.8 Å². The van der Waals surface area contributed by atoms with E-state index in [1.807, 2.05) is 56.5 Å². The van der Waals surface area contributed by atoms with Crippen LogP contribution in [-0.4, -0.2) is 91.6 Å². The topological polar surface area (TPSA) is 114 Å². The second-order valence-electron chi connectivity index (χ2n) is 12.8. The molecule has 13 heteroatoms. The molecule has 0 saturated carbocycles. The lowest BCUT2D eigenvalue weighted by molar-refractivity contribution is -0.111. The van der Waals surface area contributed by atoms with Gasteiger partial charge in [-0.25, -0.2) is 19.7 Å². The Balaban J connectivity index is 1.70. The first kappa shape index (κ1) is 34.7. The molecule has 1 saturated heterocycles. The van der Waals surface area contributed by atoms with E-state index in [-0.39, 0.29) is 17.7 Å². The highest BCUT2D eigenvalue weighted by Crippen LogP contribution is 2.43. The molecule has 48 heavy (non-hydrogen) atoms. The minimum absolute atomic E-state index is 0.000434. The van der Waals surface area contributed by atoms with E-state index in [1.165, 1.54) is 24.3 Å². The quantitative estimate of drug-likeness (QED) is 0.177. The van der Waals surface area contributed by atoms with E-state index < -0.39 is 17.6 Å². The number of carbonyl (C=O) groups excluding carboxylic acids is 2. The number of carbonyl (C=O) groups is 2. The van der Waals surface area contributed by atoms with Crippen LogP contribution in [-0.2, 0) is 14.3 Å². The summed E-state index contributed by atoms with van der Waals surface area (Å²) in [7, 11) is 7.38. The van der Waals surface area contributed by atoms with Crippen LogP contribution in [0.4, 0.5) is 27.8 Å². The fourth-order valence-corrected chi connectivity index (χ4v) is 5.49. The molecule has 0 aliphatic carbocycles. The predicted octanol–water partition coefficient (Wildman–Crippen LogP) is 6.53. The van der Waals surface area contributed by atoms with Crippen molar-refractivity contribution in [3.8, 4) is 17.0 Å². The first-order valence-electron chi connectivity index (χ1n) is 15.6. The van der Waals surface area contributed by atoms with Gasteiger partial charge in [0.2, 0.25) is 11.9 Å². The molecule has 1 aliphatic heterocycles. The average Bonchev–Trinajstić information content (AvgIpc) is 3.37. The summed E-state index contributed by atoms with van der Waals surface area (Å²) in [6, 6.07) is 11.6. The van der Waals surface area contributed by atoms with Gasteiger partial charge in [0.1, 0.15) is 11.4 Å². The normalized spacial score (nSPS) is 13.3. The van der Waals surface area contributed by atoms with Crippen molar-refractivity contribution in [2.24, 2.45) is 0 Å². The maximum absolute atomic E-state index is 14.1. The van der Waals surface area contributed by atoms with E-state index in [2.05, 4.69) is 26.3 Å². The Morgan fingerprint density at radius 1 is 1.15 bits per heavy atom. The Bertz CT molecular complexity index is 1830. The molecule has 4 aromatic rings. The lowest BCUT2D eigenvalue weighted by Gasteiger charge is -2.30. The van der Waals surface area contributed by atoms with Gasteiger partial charge in [-0.1, -0.05) is 36.4 Å². The van der Waals surface area contributed by atoms with E-state index in [0.717, 1.165) is 23.0 Å². The van der Waals surface area contributed by atoms with E-state index >= 15 is 0 Å². The van der Waals surface area contributed by atoms with Crippen LogP contribution in [0.2, 0.25) is 5.02 Å². The number of aromatic nitrogens is 3. The van der Waals surface area contributed by atoms with Crippen molar-refractivity contribution in [2.75, 3.05) is 69.7 Å². The number of nitrogens with one attached hydrogen (secondary N) is 1. The van der Waals surface area contributed by atoms with E-state index in [4.69, 9.17) is 30.8 Å². The smallest absolute Gasteiger partial charge is 0.422 e. The first-order chi connectivity index (χ1) is 22.8. The molecule has 254 valence electrons. The molecule has 2 aromatic carbocycles. The summed E-state index contributed by atoms with van der Waals surface area (Å²) in [6.07, 6.45) is 3.90. The van der Waals surface area contributed by atoms with Crippen molar-refractivity contribution in [1.29, 1.82) is 0 Å². The number of benzene rings is 2. The Kier molecular flexibility index (Phi) is 10.3. The van der Waals surface area contributed by atoms with Crippen LogP contribution in [0.5, 0.6) is 5.75 Å². The third-order valence-electron chi connectivity index (χ3n) is 7.79. The van der Waals surface area contributed by atoms with Crippen LogP contribution in [0, 0.1) is 0 Å².